The maximum Gasteiger partial charge on any atom is 0.188 e. The van der Waals surface area contributed by atoms with Crippen molar-refractivity contribution in [2.24, 2.45) is 0 Å². The van der Waals surface area contributed by atoms with E-state index in [0.717, 1.165) is 5.57 Å². The van der Waals surface area contributed by atoms with Gasteiger partial charge in [-0.15, -0.1) is 0 Å². The van der Waals surface area contributed by atoms with Gasteiger partial charge in [0.25, 0.3) is 0 Å². The molecule has 0 amide bonds. The maximum absolute atomic E-state index is 10.9. The van der Waals surface area contributed by atoms with Crippen LogP contribution in [0.2, 0.25) is 0 Å². The van der Waals surface area contributed by atoms with Gasteiger partial charge in [0.1, 0.15) is 0 Å². The van der Waals surface area contributed by atoms with E-state index in [0.29, 0.717) is 5.57 Å². The predicted octanol–water partition coefficient (Wildman–Crippen LogP) is 1.63. The summed E-state index contributed by atoms with van der Waals surface area (Å²) >= 11 is 0. The third-order valence-electron chi connectivity index (χ3n) is 1.29. The van der Waals surface area contributed by atoms with Crippen molar-refractivity contribution in [1.82, 2.24) is 0 Å². The minimum atomic E-state index is 0.0532. The van der Waals surface area contributed by atoms with E-state index in [-0.39, 0.29) is 5.78 Å². The third-order valence-corrected chi connectivity index (χ3v) is 1.29. The first kappa shape index (κ1) is 6.02. The SMILES string of the molecule is C=C1C=CC=C(C)C1=O. The Labute approximate surface area is 54.4 Å². The number of ketones is 1. The average Bonchev–Trinajstić information content (AvgIpc) is 1.83. The van der Waals surface area contributed by atoms with Gasteiger partial charge in [-0.05, 0) is 12.5 Å². The first-order chi connectivity index (χ1) is 4.22. The normalized spacial score (nSPS) is 18.1. The Bertz CT molecular complexity index is 219. The van der Waals surface area contributed by atoms with Crippen LogP contribution in [0.3, 0.4) is 0 Å². The molecule has 9 heavy (non-hydrogen) atoms. The van der Waals surface area contributed by atoms with Crippen LogP contribution in [-0.2, 0) is 4.79 Å². The van der Waals surface area contributed by atoms with E-state index in [9.17, 15) is 4.79 Å². The first-order valence-electron chi connectivity index (χ1n) is 2.80. The summed E-state index contributed by atoms with van der Waals surface area (Å²) in [6.45, 7) is 5.36. The molecule has 1 rings (SSSR count). The van der Waals surface area contributed by atoms with Crippen LogP contribution in [0.5, 0.6) is 0 Å². The van der Waals surface area contributed by atoms with Gasteiger partial charge < -0.3 is 0 Å². The third kappa shape index (κ3) is 0.992. The van der Waals surface area contributed by atoms with E-state index >= 15 is 0 Å². The monoisotopic (exact) mass is 120 g/mol. The topological polar surface area (TPSA) is 17.1 Å². The number of Topliss-reactive ketones (excluding diaryl/α,β-unsaturated/α-hetero) is 1. The van der Waals surface area contributed by atoms with Crippen LogP contribution >= 0.6 is 0 Å². The van der Waals surface area contributed by atoms with Crippen molar-refractivity contribution in [3.8, 4) is 0 Å². The van der Waals surface area contributed by atoms with Crippen LogP contribution < -0.4 is 0 Å². The molecule has 0 aliphatic heterocycles. The van der Waals surface area contributed by atoms with Crippen molar-refractivity contribution in [2.45, 2.75) is 6.92 Å². The summed E-state index contributed by atoms with van der Waals surface area (Å²) in [4.78, 5) is 10.9. The van der Waals surface area contributed by atoms with Gasteiger partial charge in [-0.25, -0.2) is 0 Å². The molecule has 1 heteroatoms. The summed E-state index contributed by atoms with van der Waals surface area (Å²) in [6, 6.07) is 0. The lowest BCUT2D eigenvalue weighted by molar-refractivity contribution is -0.111. The Balaban J connectivity index is 3.00. The van der Waals surface area contributed by atoms with Gasteiger partial charge in [0.15, 0.2) is 5.78 Å². The van der Waals surface area contributed by atoms with Gasteiger partial charge >= 0.3 is 0 Å². The average molecular weight is 120 g/mol. The van der Waals surface area contributed by atoms with Gasteiger partial charge in [-0.2, -0.15) is 0 Å². The van der Waals surface area contributed by atoms with Gasteiger partial charge in [-0.3, -0.25) is 4.79 Å². The molecule has 0 heterocycles. The number of carbonyl (C=O) groups excluding carboxylic acids is 1. The molecule has 0 saturated carbocycles. The highest BCUT2D eigenvalue weighted by Crippen LogP contribution is 2.10. The minimum absolute atomic E-state index is 0.0532. The molecule has 0 aromatic carbocycles. The van der Waals surface area contributed by atoms with Crippen molar-refractivity contribution >= 4 is 5.78 Å². The molecule has 0 spiro atoms. The van der Waals surface area contributed by atoms with Crippen LogP contribution in [0.1, 0.15) is 6.92 Å². The molecular formula is C8H8O. The fourth-order valence-corrected chi connectivity index (χ4v) is 0.713. The zero-order valence-electron chi connectivity index (χ0n) is 5.35. The van der Waals surface area contributed by atoms with E-state index in [2.05, 4.69) is 6.58 Å². The second kappa shape index (κ2) is 2.02. The van der Waals surface area contributed by atoms with Crippen molar-refractivity contribution in [3.05, 3.63) is 36.0 Å². The molecule has 1 aliphatic carbocycles. The highest BCUT2D eigenvalue weighted by atomic mass is 16.1. The molecule has 0 radical (unpaired) electrons. The van der Waals surface area contributed by atoms with Gasteiger partial charge in [-0.1, -0.05) is 24.8 Å². The largest absolute Gasteiger partial charge is 0.289 e. The Hall–Kier alpha value is -1.11. The Morgan fingerprint density at radius 2 is 2.22 bits per heavy atom. The highest BCUT2D eigenvalue weighted by molar-refractivity contribution is 6.10. The van der Waals surface area contributed by atoms with Crippen LogP contribution in [0.25, 0.3) is 0 Å². The Kier molecular flexibility index (Phi) is 1.35. The number of hydrogen-bond acceptors (Lipinski definition) is 1. The molecule has 0 aromatic heterocycles. The smallest absolute Gasteiger partial charge is 0.188 e. The number of allylic oxidation sites excluding steroid dienone is 5. The fourth-order valence-electron chi connectivity index (χ4n) is 0.713. The molecule has 46 valence electrons. The zero-order chi connectivity index (χ0) is 6.85. The van der Waals surface area contributed by atoms with E-state index in [1.165, 1.54) is 0 Å². The molecule has 0 fully saturated rings. The summed E-state index contributed by atoms with van der Waals surface area (Å²) in [7, 11) is 0. The summed E-state index contributed by atoms with van der Waals surface area (Å²) in [5.74, 6) is 0.0532. The number of carbonyl (C=O) groups is 1. The van der Waals surface area contributed by atoms with Crippen molar-refractivity contribution in [3.63, 3.8) is 0 Å². The van der Waals surface area contributed by atoms with E-state index in [1.54, 1.807) is 19.1 Å². The zero-order valence-corrected chi connectivity index (χ0v) is 5.35. The van der Waals surface area contributed by atoms with E-state index < -0.39 is 0 Å². The van der Waals surface area contributed by atoms with Gasteiger partial charge in [0.05, 0.1) is 0 Å². The van der Waals surface area contributed by atoms with Crippen LogP contribution in [0.4, 0.5) is 0 Å². The standard InChI is InChI=1S/C8H8O/c1-6-4-3-5-7(2)8(6)9/h3-5H,1H2,2H3. The summed E-state index contributed by atoms with van der Waals surface area (Å²) in [5.41, 5.74) is 1.34. The van der Waals surface area contributed by atoms with Crippen molar-refractivity contribution < 1.29 is 4.79 Å². The second-order valence-electron chi connectivity index (χ2n) is 2.06. The highest BCUT2D eigenvalue weighted by Gasteiger charge is 2.07. The molecule has 0 bridgehead atoms. The maximum atomic E-state index is 10.9. The van der Waals surface area contributed by atoms with Crippen LogP contribution in [0, 0.1) is 0 Å². The Morgan fingerprint density at radius 1 is 1.56 bits per heavy atom. The van der Waals surface area contributed by atoms with Gasteiger partial charge in [0.2, 0.25) is 0 Å². The van der Waals surface area contributed by atoms with Gasteiger partial charge in [0, 0.05) is 5.57 Å². The lowest BCUT2D eigenvalue weighted by atomic mass is 10.0. The fraction of sp³-hybridized carbons (Fsp3) is 0.125. The number of rotatable bonds is 0. The summed E-state index contributed by atoms with van der Waals surface area (Å²) in [6.07, 6.45) is 5.34. The Morgan fingerprint density at radius 3 is 2.67 bits per heavy atom. The molecule has 1 aliphatic rings. The minimum Gasteiger partial charge on any atom is -0.289 e. The van der Waals surface area contributed by atoms with Crippen molar-refractivity contribution in [2.75, 3.05) is 0 Å². The molecule has 0 unspecified atom stereocenters. The molecule has 0 saturated heterocycles. The molecule has 0 N–H and O–H groups in total. The molecule has 0 aromatic rings. The summed E-state index contributed by atoms with van der Waals surface area (Å²) in [5, 5.41) is 0. The van der Waals surface area contributed by atoms with Crippen LogP contribution in [0.15, 0.2) is 36.0 Å². The van der Waals surface area contributed by atoms with E-state index in [1.807, 2.05) is 6.08 Å². The number of hydrogen-bond donors (Lipinski definition) is 0. The molecular weight excluding hydrogens is 112 g/mol. The van der Waals surface area contributed by atoms with E-state index in [4.69, 9.17) is 0 Å². The lowest BCUT2D eigenvalue weighted by Gasteiger charge is -2.02. The first-order valence-corrected chi connectivity index (χ1v) is 2.80. The quantitative estimate of drug-likeness (QED) is 0.444. The lowest BCUT2D eigenvalue weighted by Crippen LogP contribution is -2.02. The second-order valence-corrected chi connectivity index (χ2v) is 2.06. The molecule has 1 nitrogen and oxygen atoms in total. The van der Waals surface area contributed by atoms with Crippen molar-refractivity contribution in [1.29, 1.82) is 0 Å². The molecule has 0 atom stereocenters. The van der Waals surface area contributed by atoms with Crippen LogP contribution in [-0.4, -0.2) is 5.78 Å². The predicted molar refractivity (Wildman–Crippen MR) is 37.0 cm³/mol. The summed E-state index contributed by atoms with van der Waals surface area (Å²) < 4.78 is 0.